The minimum atomic E-state index is -0.320. The van der Waals surface area contributed by atoms with Gasteiger partial charge >= 0.3 is 0 Å². The number of aromatic nitrogens is 2. The smallest absolute Gasteiger partial charge is 0.273 e. The third-order valence-electron chi connectivity index (χ3n) is 5.99. The van der Waals surface area contributed by atoms with Gasteiger partial charge in [-0.15, -0.1) is 0 Å². The third kappa shape index (κ3) is 4.63. The Balaban J connectivity index is 1.76. The van der Waals surface area contributed by atoms with Crippen molar-refractivity contribution in [1.29, 1.82) is 0 Å². The molecule has 2 N–H and O–H groups in total. The van der Waals surface area contributed by atoms with Crippen molar-refractivity contribution in [1.82, 2.24) is 15.1 Å². The predicted octanol–water partition coefficient (Wildman–Crippen LogP) is 5.92. The highest BCUT2D eigenvalue weighted by Gasteiger charge is 2.42. The van der Waals surface area contributed by atoms with Crippen molar-refractivity contribution in [2.45, 2.75) is 52.2 Å². The van der Waals surface area contributed by atoms with Gasteiger partial charge in [-0.05, 0) is 55.5 Å². The van der Waals surface area contributed by atoms with Crippen LogP contribution in [0.1, 0.15) is 73.3 Å². The number of halogens is 1. The van der Waals surface area contributed by atoms with Gasteiger partial charge in [0.05, 0.1) is 12.1 Å². The first-order valence-corrected chi connectivity index (χ1v) is 11.7. The molecule has 1 unspecified atom stereocenters. The van der Waals surface area contributed by atoms with Crippen LogP contribution in [-0.4, -0.2) is 45.4 Å². The van der Waals surface area contributed by atoms with E-state index in [2.05, 4.69) is 48.3 Å². The number of phenols is 1. The molecule has 0 aliphatic carbocycles. The van der Waals surface area contributed by atoms with Crippen molar-refractivity contribution in [3.8, 4) is 17.0 Å². The lowest BCUT2D eigenvalue weighted by Crippen LogP contribution is -2.31. The number of fused-ring (bicyclic) bond motifs is 1. The summed E-state index contributed by atoms with van der Waals surface area (Å²) in [7, 11) is 0. The molecule has 2 aromatic carbocycles. The summed E-state index contributed by atoms with van der Waals surface area (Å²) in [5.41, 5.74) is 4.49. The number of hydrogen-bond donors (Lipinski definition) is 2. The molecule has 0 spiro atoms. The topological polar surface area (TPSA) is 78.5 Å². The van der Waals surface area contributed by atoms with E-state index >= 15 is 0 Å². The fourth-order valence-electron chi connectivity index (χ4n) is 4.29. The quantitative estimate of drug-likeness (QED) is 0.403. The van der Waals surface area contributed by atoms with Crippen molar-refractivity contribution >= 4 is 17.5 Å². The van der Waals surface area contributed by atoms with Crippen LogP contribution in [0.25, 0.3) is 11.3 Å². The largest absolute Gasteiger partial charge is 0.507 e. The van der Waals surface area contributed by atoms with E-state index in [1.807, 2.05) is 18.7 Å². The Hall–Kier alpha value is -2.83. The minimum Gasteiger partial charge on any atom is -0.507 e. The zero-order chi connectivity index (χ0) is 23.7. The van der Waals surface area contributed by atoms with Crippen LogP contribution in [-0.2, 0) is 4.74 Å². The number of aromatic amines is 1. The van der Waals surface area contributed by atoms with Gasteiger partial charge in [0, 0.05) is 29.3 Å². The number of carbonyl (C=O) groups excluding carboxylic acids is 1. The van der Waals surface area contributed by atoms with Crippen molar-refractivity contribution in [2.24, 2.45) is 0 Å². The third-order valence-corrected chi connectivity index (χ3v) is 6.23. The monoisotopic (exact) mass is 467 g/mol. The van der Waals surface area contributed by atoms with Gasteiger partial charge in [-0.3, -0.25) is 9.89 Å². The van der Waals surface area contributed by atoms with Crippen molar-refractivity contribution in [3.05, 3.63) is 69.9 Å². The maximum Gasteiger partial charge on any atom is 0.273 e. The molecule has 33 heavy (non-hydrogen) atoms. The predicted molar refractivity (Wildman–Crippen MR) is 130 cm³/mol. The number of amides is 1. The normalized spacial score (nSPS) is 15.7. The van der Waals surface area contributed by atoms with Crippen LogP contribution in [0.3, 0.4) is 0 Å². The number of phenolic OH excluding ortho intramolecular Hbond substituents is 1. The van der Waals surface area contributed by atoms with Crippen molar-refractivity contribution in [2.75, 3.05) is 13.2 Å². The molecule has 0 saturated carbocycles. The summed E-state index contributed by atoms with van der Waals surface area (Å²) in [6.45, 7) is 9.44. The van der Waals surface area contributed by atoms with Crippen LogP contribution in [0.5, 0.6) is 5.75 Å². The van der Waals surface area contributed by atoms with Gasteiger partial charge in [-0.1, -0.05) is 49.7 Å². The summed E-state index contributed by atoms with van der Waals surface area (Å²) in [4.78, 5) is 15.3. The molecule has 0 saturated heterocycles. The number of aromatic hydroxyl groups is 1. The lowest BCUT2D eigenvalue weighted by Gasteiger charge is -2.27. The van der Waals surface area contributed by atoms with Crippen molar-refractivity contribution in [3.63, 3.8) is 0 Å². The van der Waals surface area contributed by atoms with E-state index < -0.39 is 0 Å². The van der Waals surface area contributed by atoms with Gasteiger partial charge in [-0.25, -0.2) is 0 Å². The molecule has 1 aliphatic rings. The van der Waals surface area contributed by atoms with Crippen LogP contribution in [0.15, 0.2) is 42.5 Å². The van der Waals surface area contributed by atoms with E-state index in [0.717, 1.165) is 17.5 Å². The first-order chi connectivity index (χ1) is 15.8. The average Bonchev–Trinajstić information content (AvgIpc) is 3.32. The minimum absolute atomic E-state index is 0.0684. The van der Waals surface area contributed by atoms with Gasteiger partial charge in [-0.2, -0.15) is 5.10 Å². The summed E-state index contributed by atoms with van der Waals surface area (Å²) in [5, 5.41) is 18.4. The highest BCUT2D eigenvalue weighted by atomic mass is 35.5. The van der Waals surface area contributed by atoms with Gasteiger partial charge < -0.3 is 14.7 Å². The molecule has 1 aliphatic heterocycles. The van der Waals surface area contributed by atoms with Crippen LogP contribution in [0.4, 0.5) is 0 Å². The molecule has 3 aromatic rings. The van der Waals surface area contributed by atoms with E-state index in [4.69, 9.17) is 16.3 Å². The molecule has 1 atom stereocenters. The van der Waals surface area contributed by atoms with Gasteiger partial charge in [0.25, 0.3) is 5.91 Å². The Labute approximate surface area is 199 Å². The van der Waals surface area contributed by atoms with E-state index in [1.165, 1.54) is 5.56 Å². The molecule has 1 amide bonds. The first-order valence-electron chi connectivity index (χ1n) is 11.4. The molecule has 7 heteroatoms. The first kappa shape index (κ1) is 23.3. The van der Waals surface area contributed by atoms with Crippen LogP contribution >= 0.6 is 11.6 Å². The second-order valence-electron chi connectivity index (χ2n) is 9.02. The second kappa shape index (κ2) is 9.57. The SMILES string of the molecule is CC(C)OCCCN1C(=O)c2[nH]nc(-c3cc(Cl)ccc3O)c2C1c1ccc(C(C)C)cc1. The fraction of sp³-hybridized carbons (Fsp3) is 0.385. The number of H-pyrrole nitrogens is 1. The van der Waals surface area contributed by atoms with E-state index in [1.54, 1.807) is 18.2 Å². The number of nitrogens with one attached hydrogen (secondary N) is 1. The molecule has 6 nitrogen and oxygen atoms in total. The molecule has 0 fully saturated rings. The Morgan fingerprint density at radius 3 is 2.55 bits per heavy atom. The number of rotatable bonds is 8. The highest BCUT2D eigenvalue weighted by molar-refractivity contribution is 6.31. The van der Waals surface area contributed by atoms with Crippen LogP contribution in [0, 0.1) is 0 Å². The summed E-state index contributed by atoms with van der Waals surface area (Å²) in [6.07, 6.45) is 0.868. The highest BCUT2D eigenvalue weighted by Crippen LogP contribution is 2.45. The molecule has 2 heterocycles. The standard InChI is InChI=1S/C26H30ClN3O3/c1-15(2)17-6-8-18(9-7-17)25-22-23(20-14-19(27)10-11-21(20)31)28-29-24(22)26(32)30(25)12-5-13-33-16(3)4/h6-11,14-16,25,31H,5,12-13H2,1-4H3,(H,28,29). The maximum atomic E-state index is 13.4. The van der Waals surface area contributed by atoms with E-state index in [0.29, 0.717) is 41.0 Å². The molecule has 4 rings (SSSR count). The number of carbonyl (C=O) groups is 1. The Morgan fingerprint density at radius 2 is 1.88 bits per heavy atom. The van der Waals surface area contributed by atoms with Crippen LogP contribution in [0.2, 0.25) is 5.02 Å². The van der Waals surface area contributed by atoms with Crippen molar-refractivity contribution < 1.29 is 14.6 Å². The van der Waals surface area contributed by atoms with E-state index in [9.17, 15) is 9.90 Å². The molecule has 0 radical (unpaired) electrons. The Bertz CT molecular complexity index is 1140. The molecule has 0 bridgehead atoms. The number of nitrogens with zero attached hydrogens (tertiary/aromatic N) is 2. The zero-order valence-corrected chi connectivity index (χ0v) is 20.2. The summed E-state index contributed by atoms with van der Waals surface area (Å²) >= 11 is 6.21. The number of ether oxygens (including phenoxy) is 1. The lowest BCUT2D eigenvalue weighted by molar-refractivity contribution is 0.0601. The summed E-state index contributed by atoms with van der Waals surface area (Å²) in [5.74, 6) is 0.378. The van der Waals surface area contributed by atoms with Gasteiger partial charge in [0.1, 0.15) is 17.1 Å². The lowest BCUT2D eigenvalue weighted by atomic mass is 9.93. The summed E-state index contributed by atoms with van der Waals surface area (Å²) in [6, 6.07) is 12.9. The Kier molecular flexibility index (Phi) is 6.77. The Morgan fingerprint density at radius 1 is 1.15 bits per heavy atom. The van der Waals surface area contributed by atoms with Gasteiger partial charge in [0.2, 0.25) is 0 Å². The fourth-order valence-corrected chi connectivity index (χ4v) is 4.47. The van der Waals surface area contributed by atoms with Crippen LogP contribution < -0.4 is 0 Å². The molecule has 174 valence electrons. The number of benzene rings is 2. The average molecular weight is 468 g/mol. The summed E-state index contributed by atoms with van der Waals surface area (Å²) < 4.78 is 5.69. The van der Waals surface area contributed by atoms with Gasteiger partial charge in [0.15, 0.2) is 0 Å². The van der Waals surface area contributed by atoms with E-state index in [-0.39, 0.29) is 23.8 Å². The molecular formula is C26H30ClN3O3. The maximum absolute atomic E-state index is 13.4. The second-order valence-corrected chi connectivity index (χ2v) is 9.45. The molecule has 1 aromatic heterocycles. The number of hydrogen-bond acceptors (Lipinski definition) is 4. The zero-order valence-electron chi connectivity index (χ0n) is 19.4. The molecular weight excluding hydrogens is 438 g/mol.